The van der Waals surface area contributed by atoms with Crippen molar-refractivity contribution in [2.24, 2.45) is 0 Å². The normalized spacial score (nSPS) is 19.3. The molecule has 3 rings (SSSR count). The molecular weight excluding hydrogens is 364 g/mol. The number of halogens is 1. The van der Waals surface area contributed by atoms with E-state index in [-0.39, 0.29) is 24.2 Å². The van der Waals surface area contributed by atoms with Crippen molar-refractivity contribution in [3.63, 3.8) is 0 Å². The molecule has 1 aliphatic rings. The van der Waals surface area contributed by atoms with Gasteiger partial charge in [-0.3, -0.25) is 4.79 Å². The summed E-state index contributed by atoms with van der Waals surface area (Å²) in [5, 5.41) is 10.9. The standard InChI is InChI=1S/C21H26N2O3.ClH/c1-22(2)12-13-23-19-7-5-4-6-16(19)14-18(20(24)21(23)25)15-8-10-17(26-3)11-9-15;/h4-11,18,20,24H,12-14H2,1-3H3;1H/t18-,20+;/m1./s1. The largest absolute Gasteiger partial charge is 0.497 e. The van der Waals surface area contributed by atoms with Gasteiger partial charge in [0, 0.05) is 24.7 Å². The molecule has 0 fully saturated rings. The number of aliphatic hydroxyl groups excluding tert-OH is 1. The van der Waals surface area contributed by atoms with Gasteiger partial charge in [0.25, 0.3) is 5.91 Å². The van der Waals surface area contributed by atoms with Gasteiger partial charge in [-0.2, -0.15) is 0 Å². The first kappa shape index (κ1) is 21.2. The van der Waals surface area contributed by atoms with Crippen molar-refractivity contribution >= 4 is 24.0 Å². The Labute approximate surface area is 167 Å². The number of likely N-dealkylation sites (N-methyl/N-ethyl adjacent to an activating group) is 1. The molecule has 146 valence electrons. The first-order chi connectivity index (χ1) is 12.5. The van der Waals surface area contributed by atoms with Gasteiger partial charge in [0.05, 0.1) is 7.11 Å². The fourth-order valence-corrected chi connectivity index (χ4v) is 3.43. The zero-order valence-electron chi connectivity index (χ0n) is 16.0. The van der Waals surface area contributed by atoms with Crippen molar-refractivity contribution in [2.75, 3.05) is 39.2 Å². The van der Waals surface area contributed by atoms with Gasteiger partial charge in [0.2, 0.25) is 0 Å². The predicted octanol–water partition coefficient (Wildman–Crippen LogP) is 2.71. The molecule has 0 radical (unpaired) electrons. The number of carbonyl (C=O) groups excluding carboxylic acids is 1. The van der Waals surface area contributed by atoms with Crippen LogP contribution in [-0.2, 0) is 11.2 Å². The number of para-hydroxylation sites is 1. The number of amides is 1. The molecule has 2 aromatic carbocycles. The van der Waals surface area contributed by atoms with Crippen LogP contribution >= 0.6 is 12.4 Å². The predicted molar refractivity (Wildman–Crippen MR) is 110 cm³/mol. The molecule has 2 aromatic rings. The molecule has 2 atom stereocenters. The number of benzene rings is 2. The minimum absolute atomic E-state index is 0. The molecule has 1 heterocycles. The Morgan fingerprint density at radius 2 is 1.81 bits per heavy atom. The van der Waals surface area contributed by atoms with E-state index in [4.69, 9.17) is 4.74 Å². The van der Waals surface area contributed by atoms with Gasteiger partial charge in [-0.25, -0.2) is 0 Å². The lowest BCUT2D eigenvalue weighted by molar-refractivity contribution is -0.127. The number of hydrogen-bond donors (Lipinski definition) is 1. The van der Waals surface area contributed by atoms with Crippen LogP contribution in [0.3, 0.4) is 0 Å². The molecule has 0 saturated heterocycles. The number of methoxy groups -OCH3 is 1. The maximum absolute atomic E-state index is 13.1. The second-order valence-electron chi connectivity index (χ2n) is 6.95. The summed E-state index contributed by atoms with van der Waals surface area (Å²) in [6.45, 7) is 1.29. The number of ether oxygens (including phenoxy) is 1. The molecule has 0 unspecified atom stereocenters. The van der Waals surface area contributed by atoms with E-state index in [2.05, 4.69) is 0 Å². The van der Waals surface area contributed by atoms with Crippen LogP contribution in [0.5, 0.6) is 5.75 Å². The Balaban J connectivity index is 0.00000261. The summed E-state index contributed by atoms with van der Waals surface area (Å²) in [4.78, 5) is 16.8. The Kier molecular flexibility index (Phi) is 7.25. The Morgan fingerprint density at radius 1 is 1.15 bits per heavy atom. The molecule has 0 aliphatic carbocycles. The highest BCUT2D eigenvalue weighted by molar-refractivity contribution is 5.98. The highest BCUT2D eigenvalue weighted by atomic mass is 35.5. The van der Waals surface area contributed by atoms with Gasteiger partial charge in [-0.15, -0.1) is 12.4 Å². The summed E-state index contributed by atoms with van der Waals surface area (Å²) < 4.78 is 5.21. The highest BCUT2D eigenvalue weighted by Gasteiger charge is 2.36. The SMILES string of the molecule is COc1ccc([C@H]2Cc3ccccc3N(CCN(C)C)C(=O)[C@H]2O)cc1.Cl. The molecule has 5 nitrogen and oxygen atoms in total. The minimum atomic E-state index is -1.07. The van der Waals surface area contributed by atoms with Crippen molar-refractivity contribution in [3.05, 3.63) is 59.7 Å². The molecule has 1 N–H and O–H groups in total. The van der Waals surface area contributed by atoms with E-state index in [9.17, 15) is 9.90 Å². The molecule has 1 amide bonds. The number of nitrogens with zero attached hydrogens (tertiary/aromatic N) is 2. The fraction of sp³-hybridized carbons (Fsp3) is 0.381. The number of aliphatic hydroxyl groups is 1. The van der Waals surface area contributed by atoms with Gasteiger partial charge in [0.15, 0.2) is 0 Å². The fourth-order valence-electron chi connectivity index (χ4n) is 3.43. The molecular formula is C21H27ClN2O3. The van der Waals surface area contributed by atoms with E-state index < -0.39 is 6.10 Å². The van der Waals surface area contributed by atoms with Crippen molar-refractivity contribution < 1.29 is 14.6 Å². The molecule has 27 heavy (non-hydrogen) atoms. The van der Waals surface area contributed by atoms with E-state index >= 15 is 0 Å². The molecule has 6 heteroatoms. The first-order valence-corrected chi connectivity index (χ1v) is 8.87. The number of fused-ring (bicyclic) bond motifs is 1. The Morgan fingerprint density at radius 3 is 2.44 bits per heavy atom. The average molecular weight is 391 g/mol. The van der Waals surface area contributed by atoms with Crippen LogP contribution in [0.1, 0.15) is 17.0 Å². The smallest absolute Gasteiger partial charge is 0.256 e. The van der Waals surface area contributed by atoms with Crippen molar-refractivity contribution in [2.45, 2.75) is 18.4 Å². The van der Waals surface area contributed by atoms with Crippen LogP contribution in [0.15, 0.2) is 48.5 Å². The van der Waals surface area contributed by atoms with Crippen LogP contribution in [-0.4, -0.2) is 56.3 Å². The number of carbonyl (C=O) groups is 1. The maximum Gasteiger partial charge on any atom is 0.256 e. The molecule has 1 aliphatic heterocycles. The maximum atomic E-state index is 13.1. The molecule has 0 aromatic heterocycles. The number of rotatable bonds is 5. The van der Waals surface area contributed by atoms with Crippen LogP contribution in [0, 0.1) is 0 Å². The zero-order chi connectivity index (χ0) is 18.7. The lowest BCUT2D eigenvalue weighted by atomic mass is 9.88. The minimum Gasteiger partial charge on any atom is -0.497 e. The summed E-state index contributed by atoms with van der Waals surface area (Å²) in [5.74, 6) is 0.243. The van der Waals surface area contributed by atoms with Gasteiger partial charge >= 0.3 is 0 Å². The number of hydrogen-bond acceptors (Lipinski definition) is 4. The second-order valence-corrected chi connectivity index (χ2v) is 6.95. The summed E-state index contributed by atoms with van der Waals surface area (Å²) in [6, 6.07) is 15.5. The van der Waals surface area contributed by atoms with Crippen molar-refractivity contribution in [1.29, 1.82) is 0 Å². The van der Waals surface area contributed by atoms with Crippen LogP contribution < -0.4 is 9.64 Å². The van der Waals surface area contributed by atoms with E-state index in [0.717, 1.165) is 29.1 Å². The lowest BCUT2D eigenvalue weighted by Gasteiger charge is -2.26. The topological polar surface area (TPSA) is 53.0 Å². The first-order valence-electron chi connectivity index (χ1n) is 8.87. The van der Waals surface area contributed by atoms with Crippen LogP contribution in [0.4, 0.5) is 5.69 Å². The Bertz CT molecular complexity index is 764. The Hall–Kier alpha value is -2.08. The van der Waals surface area contributed by atoms with Gasteiger partial charge in [0.1, 0.15) is 11.9 Å². The second kappa shape index (κ2) is 9.22. The summed E-state index contributed by atoms with van der Waals surface area (Å²) in [7, 11) is 5.58. The summed E-state index contributed by atoms with van der Waals surface area (Å²) >= 11 is 0. The third-order valence-corrected chi connectivity index (χ3v) is 4.94. The third-order valence-electron chi connectivity index (χ3n) is 4.94. The van der Waals surface area contributed by atoms with E-state index in [1.54, 1.807) is 12.0 Å². The quantitative estimate of drug-likeness (QED) is 0.852. The highest BCUT2D eigenvalue weighted by Crippen LogP contribution is 2.35. The van der Waals surface area contributed by atoms with E-state index in [1.807, 2.05) is 67.5 Å². The van der Waals surface area contributed by atoms with Gasteiger partial charge in [-0.05, 0) is 49.8 Å². The zero-order valence-corrected chi connectivity index (χ0v) is 16.8. The summed E-state index contributed by atoms with van der Waals surface area (Å²) in [6.07, 6.45) is -0.452. The average Bonchev–Trinajstić information content (AvgIpc) is 2.76. The summed E-state index contributed by atoms with van der Waals surface area (Å²) in [5.41, 5.74) is 2.92. The molecule has 0 bridgehead atoms. The van der Waals surface area contributed by atoms with Crippen LogP contribution in [0.2, 0.25) is 0 Å². The monoisotopic (exact) mass is 390 g/mol. The van der Waals surface area contributed by atoms with Gasteiger partial charge in [-0.1, -0.05) is 30.3 Å². The number of anilines is 1. The lowest BCUT2D eigenvalue weighted by Crippen LogP contribution is -2.43. The van der Waals surface area contributed by atoms with E-state index in [0.29, 0.717) is 13.0 Å². The molecule has 0 spiro atoms. The molecule has 0 saturated carbocycles. The van der Waals surface area contributed by atoms with E-state index in [1.165, 1.54) is 0 Å². The van der Waals surface area contributed by atoms with Crippen molar-refractivity contribution in [3.8, 4) is 5.75 Å². The van der Waals surface area contributed by atoms with Gasteiger partial charge < -0.3 is 19.6 Å². The third kappa shape index (κ3) is 4.61. The van der Waals surface area contributed by atoms with Crippen LogP contribution in [0.25, 0.3) is 0 Å². The van der Waals surface area contributed by atoms with Crippen molar-refractivity contribution in [1.82, 2.24) is 4.90 Å².